The lowest BCUT2D eigenvalue weighted by Gasteiger charge is -2.08. The summed E-state index contributed by atoms with van der Waals surface area (Å²) in [6.07, 6.45) is 5.18. The van der Waals surface area contributed by atoms with Crippen molar-refractivity contribution in [1.29, 1.82) is 0 Å². The van der Waals surface area contributed by atoms with Crippen LogP contribution in [0.15, 0.2) is 54.6 Å². The number of hydrogen-bond donors (Lipinski definition) is 1. The zero-order chi connectivity index (χ0) is 17.9. The number of para-hydroxylation sites is 1. The zero-order valence-corrected chi connectivity index (χ0v) is 14.8. The Hall–Kier alpha value is -2.75. The van der Waals surface area contributed by atoms with Gasteiger partial charge in [0, 0.05) is 17.3 Å². The molecular formula is C21H25NO3. The molecule has 0 atom stereocenters. The Kier molecular flexibility index (Phi) is 7.57. The Morgan fingerprint density at radius 2 is 1.64 bits per heavy atom. The minimum Gasteiger partial charge on any atom is -0.494 e. The van der Waals surface area contributed by atoms with Gasteiger partial charge in [-0.3, -0.25) is 4.79 Å². The molecule has 0 unspecified atom stereocenters. The third-order valence-electron chi connectivity index (χ3n) is 3.39. The average molecular weight is 339 g/mol. The number of carbonyl (C=O) groups excluding carboxylic acids is 1. The van der Waals surface area contributed by atoms with Crippen molar-refractivity contribution in [2.24, 2.45) is 0 Å². The molecule has 0 aliphatic rings. The summed E-state index contributed by atoms with van der Waals surface area (Å²) < 4.78 is 11.2. The highest BCUT2D eigenvalue weighted by molar-refractivity contribution is 6.02. The van der Waals surface area contributed by atoms with Gasteiger partial charge in [0.25, 0.3) is 0 Å². The number of anilines is 1. The van der Waals surface area contributed by atoms with E-state index in [1.54, 1.807) is 6.08 Å². The molecule has 0 saturated heterocycles. The van der Waals surface area contributed by atoms with Gasteiger partial charge in [-0.05, 0) is 49.2 Å². The van der Waals surface area contributed by atoms with Crippen molar-refractivity contribution in [2.45, 2.75) is 26.7 Å². The van der Waals surface area contributed by atoms with Crippen molar-refractivity contribution in [1.82, 2.24) is 0 Å². The fourth-order valence-electron chi connectivity index (χ4n) is 2.17. The van der Waals surface area contributed by atoms with E-state index in [0.717, 1.165) is 35.6 Å². The highest BCUT2D eigenvalue weighted by Gasteiger charge is 2.02. The Morgan fingerprint density at radius 1 is 0.960 bits per heavy atom. The fraction of sp³-hybridized carbons (Fsp3) is 0.286. The molecule has 4 heteroatoms. The number of hydrogen-bond acceptors (Lipinski definition) is 3. The normalized spacial score (nSPS) is 10.6. The largest absolute Gasteiger partial charge is 0.494 e. The Balaban J connectivity index is 1.94. The van der Waals surface area contributed by atoms with E-state index in [1.165, 1.54) is 6.08 Å². The molecule has 25 heavy (non-hydrogen) atoms. The molecule has 132 valence electrons. The van der Waals surface area contributed by atoms with Crippen LogP contribution in [-0.2, 0) is 4.79 Å². The molecule has 0 saturated carbocycles. The van der Waals surface area contributed by atoms with Crippen molar-refractivity contribution < 1.29 is 14.3 Å². The maximum Gasteiger partial charge on any atom is 0.248 e. The van der Waals surface area contributed by atoms with Gasteiger partial charge in [-0.25, -0.2) is 0 Å². The van der Waals surface area contributed by atoms with Gasteiger partial charge in [0.2, 0.25) is 5.91 Å². The van der Waals surface area contributed by atoms with E-state index < -0.39 is 0 Å². The van der Waals surface area contributed by atoms with Gasteiger partial charge in [-0.15, -0.1) is 0 Å². The van der Waals surface area contributed by atoms with E-state index in [-0.39, 0.29) is 5.91 Å². The molecule has 0 aliphatic heterocycles. The lowest BCUT2D eigenvalue weighted by Crippen LogP contribution is -2.07. The van der Waals surface area contributed by atoms with E-state index >= 15 is 0 Å². The Morgan fingerprint density at radius 3 is 2.36 bits per heavy atom. The van der Waals surface area contributed by atoms with E-state index in [2.05, 4.69) is 19.2 Å². The number of ether oxygens (including phenoxy) is 2. The van der Waals surface area contributed by atoms with E-state index in [0.29, 0.717) is 13.2 Å². The lowest BCUT2D eigenvalue weighted by atomic mass is 10.2. The highest BCUT2D eigenvalue weighted by atomic mass is 16.5. The zero-order valence-electron chi connectivity index (χ0n) is 14.8. The van der Waals surface area contributed by atoms with E-state index in [4.69, 9.17) is 9.47 Å². The first-order chi connectivity index (χ1) is 12.2. The van der Waals surface area contributed by atoms with Gasteiger partial charge in [-0.1, -0.05) is 32.0 Å². The summed E-state index contributed by atoms with van der Waals surface area (Å²) in [5.74, 6) is 1.40. The molecule has 0 fully saturated rings. The van der Waals surface area contributed by atoms with E-state index in [9.17, 15) is 4.79 Å². The summed E-state index contributed by atoms with van der Waals surface area (Å²) in [7, 11) is 0. The van der Waals surface area contributed by atoms with Gasteiger partial charge >= 0.3 is 0 Å². The van der Waals surface area contributed by atoms with Crippen molar-refractivity contribution in [3.8, 4) is 11.5 Å². The summed E-state index contributed by atoms with van der Waals surface area (Å²) in [5.41, 5.74) is 1.61. The Labute approximate surface area is 149 Å². The molecule has 0 heterocycles. The predicted octanol–water partition coefficient (Wildman–Crippen LogP) is 4.92. The second-order valence-corrected chi connectivity index (χ2v) is 5.58. The molecule has 2 aromatic carbocycles. The molecule has 1 N–H and O–H groups in total. The van der Waals surface area contributed by atoms with Gasteiger partial charge in [0.05, 0.1) is 13.2 Å². The molecular weight excluding hydrogens is 314 g/mol. The molecule has 0 bridgehead atoms. The van der Waals surface area contributed by atoms with Crippen LogP contribution in [0.4, 0.5) is 5.69 Å². The van der Waals surface area contributed by atoms with Gasteiger partial charge < -0.3 is 14.8 Å². The summed E-state index contributed by atoms with van der Waals surface area (Å²) in [5, 5.41) is 2.84. The molecule has 4 nitrogen and oxygen atoms in total. The summed E-state index contributed by atoms with van der Waals surface area (Å²) in [6.45, 7) is 5.47. The summed E-state index contributed by atoms with van der Waals surface area (Å²) in [6, 6.07) is 15.0. The second-order valence-electron chi connectivity index (χ2n) is 5.58. The average Bonchev–Trinajstić information content (AvgIpc) is 2.65. The lowest BCUT2D eigenvalue weighted by molar-refractivity contribution is -0.111. The van der Waals surface area contributed by atoms with Crippen molar-refractivity contribution >= 4 is 17.7 Å². The number of benzene rings is 2. The molecule has 0 aliphatic carbocycles. The topological polar surface area (TPSA) is 47.6 Å². The van der Waals surface area contributed by atoms with Crippen LogP contribution in [0.2, 0.25) is 0 Å². The second kappa shape index (κ2) is 10.2. The minimum absolute atomic E-state index is 0.187. The fourth-order valence-corrected chi connectivity index (χ4v) is 2.17. The predicted molar refractivity (Wildman–Crippen MR) is 102 cm³/mol. The molecule has 1 amide bonds. The molecule has 0 spiro atoms. The molecule has 0 radical (unpaired) electrons. The number of rotatable bonds is 9. The van der Waals surface area contributed by atoms with Crippen LogP contribution in [0.5, 0.6) is 11.5 Å². The maximum atomic E-state index is 12.1. The van der Waals surface area contributed by atoms with Crippen LogP contribution >= 0.6 is 0 Å². The van der Waals surface area contributed by atoms with Gasteiger partial charge in [0.15, 0.2) is 0 Å². The van der Waals surface area contributed by atoms with Gasteiger partial charge in [-0.2, -0.15) is 0 Å². The Bertz CT molecular complexity index is 693. The SMILES string of the molecule is CCCOc1ccc(NC(=O)/C=C/c2ccccc2OCCC)cc1. The molecule has 2 aromatic rings. The quantitative estimate of drug-likeness (QED) is 0.660. The molecule has 0 aromatic heterocycles. The highest BCUT2D eigenvalue weighted by Crippen LogP contribution is 2.20. The molecule has 2 rings (SSSR count). The number of nitrogens with one attached hydrogen (secondary N) is 1. The standard InChI is InChI=1S/C21H25NO3/c1-3-15-24-19-12-10-18(11-13-19)22-21(23)14-9-17-7-5-6-8-20(17)25-16-4-2/h5-14H,3-4,15-16H2,1-2H3,(H,22,23)/b14-9+. The summed E-state index contributed by atoms with van der Waals surface area (Å²) >= 11 is 0. The van der Waals surface area contributed by atoms with Crippen LogP contribution in [0.1, 0.15) is 32.3 Å². The smallest absolute Gasteiger partial charge is 0.248 e. The first kappa shape index (κ1) is 18.6. The number of carbonyl (C=O) groups is 1. The van der Waals surface area contributed by atoms with Crippen LogP contribution in [-0.4, -0.2) is 19.1 Å². The van der Waals surface area contributed by atoms with Crippen molar-refractivity contribution in [3.63, 3.8) is 0 Å². The van der Waals surface area contributed by atoms with Crippen LogP contribution in [0.25, 0.3) is 6.08 Å². The van der Waals surface area contributed by atoms with Gasteiger partial charge in [0.1, 0.15) is 11.5 Å². The monoisotopic (exact) mass is 339 g/mol. The maximum absolute atomic E-state index is 12.1. The van der Waals surface area contributed by atoms with Crippen molar-refractivity contribution in [2.75, 3.05) is 18.5 Å². The first-order valence-corrected chi connectivity index (χ1v) is 8.66. The number of amides is 1. The van der Waals surface area contributed by atoms with Crippen LogP contribution in [0.3, 0.4) is 0 Å². The van der Waals surface area contributed by atoms with E-state index in [1.807, 2.05) is 48.5 Å². The van der Waals surface area contributed by atoms with Crippen LogP contribution < -0.4 is 14.8 Å². The summed E-state index contributed by atoms with van der Waals surface area (Å²) in [4.78, 5) is 12.1. The third-order valence-corrected chi connectivity index (χ3v) is 3.39. The van der Waals surface area contributed by atoms with Crippen LogP contribution in [0, 0.1) is 0 Å². The minimum atomic E-state index is -0.187. The first-order valence-electron chi connectivity index (χ1n) is 8.66. The third kappa shape index (κ3) is 6.34. The van der Waals surface area contributed by atoms with Crippen molar-refractivity contribution in [3.05, 3.63) is 60.2 Å².